The average Bonchev–Trinajstić information content (AvgIpc) is 1.83. The Bertz CT molecular complexity index is 105. The van der Waals surface area contributed by atoms with Gasteiger partial charge in [-0.1, -0.05) is 0 Å². The van der Waals surface area contributed by atoms with E-state index in [0.29, 0.717) is 6.42 Å². The summed E-state index contributed by atoms with van der Waals surface area (Å²) in [6.45, 7) is 6.41. The summed E-state index contributed by atoms with van der Waals surface area (Å²) >= 11 is 0. The summed E-state index contributed by atoms with van der Waals surface area (Å²) in [6, 6.07) is 0. The van der Waals surface area contributed by atoms with Crippen molar-refractivity contribution in [2.24, 2.45) is 0 Å². The van der Waals surface area contributed by atoms with E-state index in [4.69, 9.17) is 20.4 Å². The molecule has 4 N–H and O–H groups in total. The highest BCUT2D eigenvalue weighted by Gasteiger charge is 2.14. The summed E-state index contributed by atoms with van der Waals surface area (Å²) in [7, 11) is 0. The zero-order chi connectivity index (χ0) is 11.1. The van der Waals surface area contributed by atoms with Crippen LogP contribution in [0.3, 0.4) is 0 Å². The van der Waals surface area contributed by atoms with Crippen LogP contribution in [0.25, 0.3) is 0 Å². The third-order valence-corrected chi connectivity index (χ3v) is 1.06. The molecule has 0 spiro atoms. The third kappa shape index (κ3) is 24.5. The topological polar surface area (TPSA) is 80.9 Å². The first-order valence-corrected chi connectivity index (χ1v) is 4.38. The Kier molecular flexibility index (Phi) is 8.56. The minimum absolute atomic E-state index is 0.139. The Morgan fingerprint density at radius 1 is 1.08 bits per heavy atom. The zero-order valence-electron chi connectivity index (χ0n) is 8.86. The second-order valence-corrected chi connectivity index (χ2v) is 3.90. The van der Waals surface area contributed by atoms with Crippen LogP contribution in [0, 0.1) is 0 Å². The van der Waals surface area contributed by atoms with E-state index < -0.39 is 17.8 Å². The van der Waals surface area contributed by atoms with Gasteiger partial charge in [0.15, 0.2) is 0 Å². The predicted molar refractivity (Wildman–Crippen MR) is 51.4 cm³/mol. The first-order chi connectivity index (χ1) is 5.69. The minimum atomic E-state index is -0.728. The van der Waals surface area contributed by atoms with Crippen LogP contribution in [0.5, 0.6) is 0 Å². The monoisotopic (exact) mass is 194 g/mol. The molecule has 0 saturated carbocycles. The van der Waals surface area contributed by atoms with Gasteiger partial charge in [0.1, 0.15) is 0 Å². The fourth-order valence-electron chi connectivity index (χ4n) is 0.723. The normalized spacial score (nSPS) is 15.7. The summed E-state index contributed by atoms with van der Waals surface area (Å²) < 4.78 is 0. The summed E-state index contributed by atoms with van der Waals surface area (Å²) in [5.41, 5.74) is -0.728. The molecule has 0 aliphatic rings. The SMILES string of the molecule is CC(O)CC(C)(C)O.CC(O)CO. The lowest BCUT2D eigenvalue weighted by molar-refractivity contribution is 0.0249. The largest absolute Gasteiger partial charge is 0.394 e. The van der Waals surface area contributed by atoms with Crippen molar-refractivity contribution in [1.82, 2.24) is 0 Å². The molecule has 0 amide bonds. The van der Waals surface area contributed by atoms with Crippen molar-refractivity contribution in [2.75, 3.05) is 6.61 Å². The van der Waals surface area contributed by atoms with Gasteiger partial charge < -0.3 is 20.4 Å². The lowest BCUT2D eigenvalue weighted by Gasteiger charge is -2.17. The second kappa shape index (κ2) is 7.26. The summed E-state index contributed by atoms with van der Waals surface area (Å²) in [4.78, 5) is 0. The van der Waals surface area contributed by atoms with E-state index in [1.54, 1.807) is 20.8 Å². The maximum absolute atomic E-state index is 9.03. The number of rotatable bonds is 3. The van der Waals surface area contributed by atoms with Crippen molar-refractivity contribution < 1.29 is 20.4 Å². The van der Waals surface area contributed by atoms with E-state index in [-0.39, 0.29) is 6.61 Å². The maximum atomic E-state index is 9.03. The van der Waals surface area contributed by atoms with Crippen molar-refractivity contribution >= 4 is 0 Å². The zero-order valence-corrected chi connectivity index (χ0v) is 8.86. The first kappa shape index (κ1) is 15.3. The van der Waals surface area contributed by atoms with Crippen LogP contribution >= 0.6 is 0 Å². The van der Waals surface area contributed by atoms with Crippen LogP contribution in [0.2, 0.25) is 0 Å². The van der Waals surface area contributed by atoms with E-state index >= 15 is 0 Å². The maximum Gasteiger partial charge on any atom is 0.0742 e. The van der Waals surface area contributed by atoms with Crippen molar-refractivity contribution in [2.45, 2.75) is 51.9 Å². The Morgan fingerprint density at radius 3 is 1.38 bits per heavy atom. The van der Waals surface area contributed by atoms with Gasteiger partial charge in [-0.05, 0) is 27.7 Å². The first-order valence-electron chi connectivity index (χ1n) is 4.38. The molecule has 0 heterocycles. The van der Waals surface area contributed by atoms with Gasteiger partial charge >= 0.3 is 0 Å². The smallest absolute Gasteiger partial charge is 0.0742 e. The van der Waals surface area contributed by atoms with Gasteiger partial charge in [-0.15, -0.1) is 0 Å². The lowest BCUT2D eigenvalue weighted by atomic mass is 10.0. The van der Waals surface area contributed by atoms with E-state index in [0.717, 1.165) is 0 Å². The van der Waals surface area contributed by atoms with Crippen LogP contribution in [-0.4, -0.2) is 44.8 Å². The summed E-state index contributed by atoms with van der Waals surface area (Å²) in [6.07, 6.45) is -0.530. The van der Waals surface area contributed by atoms with Gasteiger partial charge in [0, 0.05) is 6.42 Å². The highest BCUT2D eigenvalue weighted by molar-refractivity contribution is 4.67. The molecule has 2 unspecified atom stereocenters. The summed E-state index contributed by atoms with van der Waals surface area (Å²) in [5.74, 6) is 0. The number of hydrogen-bond acceptors (Lipinski definition) is 4. The van der Waals surface area contributed by atoms with Gasteiger partial charge in [0.05, 0.1) is 24.4 Å². The number of hydrogen-bond donors (Lipinski definition) is 4. The Labute approximate surface area is 79.8 Å². The molecule has 0 aromatic heterocycles. The molecule has 4 heteroatoms. The fraction of sp³-hybridized carbons (Fsp3) is 1.00. The molecular weight excluding hydrogens is 172 g/mol. The van der Waals surface area contributed by atoms with E-state index in [2.05, 4.69) is 0 Å². The average molecular weight is 194 g/mol. The van der Waals surface area contributed by atoms with Gasteiger partial charge in [0.25, 0.3) is 0 Å². The highest BCUT2D eigenvalue weighted by atomic mass is 16.3. The van der Waals surface area contributed by atoms with Crippen LogP contribution < -0.4 is 0 Å². The van der Waals surface area contributed by atoms with Gasteiger partial charge in [-0.3, -0.25) is 0 Å². The second-order valence-electron chi connectivity index (χ2n) is 3.90. The standard InChI is InChI=1S/C6H14O2.C3H8O2/c1-5(7)4-6(2,3)8;1-3(5)2-4/h5,7-8H,4H2,1-3H3;3-5H,2H2,1H3. The molecule has 4 nitrogen and oxygen atoms in total. The van der Waals surface area contributed by atoms with Crippen LogP contribution in [0.1, 0.15) is 34.1 Å². The Balaban J connectivity index is 0. The molecule has 0 radical (unpaired) electrons. The van der Waals surface area contributed by atoms with Crippen molar-refractivity contribution in [1.29, 1.82) is 0 Å². The Hall–Kier alpha value is -0.160. The molecule has 0 aromatic rings. The number of aliphatic hydroxyl groups is 4. The van der Waals surface area contributed by atoms with E-state index in [9.17, 15) is 0 Å². The molecule has 0 aromatic carbocycles. The minimum Gasteiger partial charge on any atom is -0.394 e. The Morgan fingerprint density at radius 2 is 1.38 bits per heavy atom. The summed E-state index contributed by atoms with van der Waals surface area (Å²) in [5, 5.41) is 33.8. The lowest BCUT2D eigenvalue weighted by Crippen LogP contribution is -2.24. The molecule has 0 rings (SSSR count). The molecule has 0 aliphatic heterocycles. The van der Waals surface area contributed by atoms with Gasteiger partial charge in [-0.2, -0.15) is 0 Å². The van der Waals surface area contributed by atoms with Crippen molar-refractivity contribution in [3.05, 3.63) is 0 Å². The molecule has 0 aliphatic carbocycles. The van der Waals surface area contributed by atoms with Gasteiger partial charge in [-0.25, -0.2) is 0 Å². The predicted octanol–water partition coefficient (Wildman–Crippen LogP) is -0.112. The van der Waals surface area contributed by atoms with Crippen LogP contribution in [0.15, 0.2) is 0 Å². The molecule has 0 fully saturated rings. The fourth-order valence-corrected chi connectivity index (χ4v) is 0.723. The highest BCUT2D eigenvalue weighted by Crippen LogP contribution is 2.09. The van der Waals surface area contributed by atoms with Crippen LogP contribution in [-0.2, 0) is 0 Å². The molecule has 13 heavy (non-hydrogen) atoms. The van der Waals surface area contributed by atoms with E-state index in [1.165, 1.54) is 6.92 Å². The van der Waals surface area contributed by atoms with Crippen LogP contribution in [0.4, 0.5) is 0 Å². The van der Waals surface area contributed by atoms with Gasteiger partial charge in [0.2, 0.25) is 0 Å². The number of aliphatic hydroxyl groups excluding tert-OH is 3. The van der Waals surface area contributed by atoms with Crippen molar-refractivity contribution in [3.8, 4) is 0 Å². The quantitative estimate of drug-likeness (QED) is 0.505. The molecule has 0 saturated heterocycles. The van der Waals surface area contributed by atoms with E-state index in [1.807, 2.05) is 0 Å². The third-order valence-electron chi connectivity index (χ3n) is 1.06. The molecule has 82 valence electrons. The molecule has 2 atom stereocenters. The molecule has 0 bridgehead atoms. The molecular formula is C9H22O4. The van der Waals surface area contributed by atoms with Crippen molar-refractivity contribution in [3.63, 3.8) is 0 Å².